The van der Waals surface area contributed by atoms with Gasteiger partial charge in [0, 0.05) is 29.6 Å². The molecule has 0 saturated heterocycles. The molecule has 0 saturated carbocycles. The maximum Gasteiger partial charge on any atom is 0.277 e. The lowest BCUT2D eigenvalue weighted by Gasteiger charge is -2.17. The molecule has 4 aromatic rings. The molecule has 34 heavy (non-hydrogen) atoms. The minimum atomic E-state index is -0.351. The molecule has 0 spiro atoms. The van der Waals surface area contributed by atoms with Gasteiger partial charge in [-0.2, -0.15) is 0 Å². The van der Waals surface area contributed by atoms with Gasteiger partial charge in [-0.1, -0.05) is 62.2 Å². The third kappa shape index (κ3) is 5.02. The fraction of sp³-hybridized carbons (Fsp3) is 0.259. The molecule has 0 bridgehead atoms. The van der Waals surface area contributed by atoms with Crippen LogP contribution in [-0.4, -0.2) is 19.5 Å². The zero-order valence-electron chi connectivity index (χ0n) is 20.0. The highest BCUT2D eigenvalue weighted by Crippen LogP contribution is 2.26. The summed E-state index contributed by atoms with van der Waals surface area (Å²) in [5, 5.41) is 0.0358. The first kappa shape index (κ1) is 23.6. The Bertz CT molecular complexity index is 1410. The van der Waals surface area contributed by atoms with Crippen LogP contribution in [0.15, 0.2) is 65.7 Å². The first-order valence-electron chi connectivity index (χ1n) is 11.0. The highest BCUT2D eigenvalue weighted by molar-refractivity contribution is 6.31. The van der Waals surface area contributed by atoms with Crippen LogP contribution in [0, 0.1) is 13.8 Å². The van der Waals surface area contributed by atoms with Crippen LogP contribution >= 0.6 is 11.6 Å². The summed E-state index contributed by atoms with van der Waals surface area (Å²) in [4.78, 5) is 26.7. The van der Waals surface area contributed by atoms with Gasteiger partial charge in [-0.15, -0.1) is 0 Å². The lowest BCUT2D eigenvalue weighted by molar-refractivity contribution is 0.305. The van der Waals surface area contributed by atoms with Gasteiger partial charge in [-0.25, -0.2) is 9.97 Å². The first-order chi connectivity index (χ1) is 16.1. The SMILES string of the molecule is Cc1cccc(COc2cc(C)n(-c3ccnc(-c4ccnc(C(C)(C)C)n4)c3)c(=O)c2Cl)c1. The molecule has 4 rings (SSSR count). The standard InChI is InChI=1S/C27H27ClN4O2/c1-17-7-6-8-19(13-17)16-34-23-14-18(2)32(25(33)24(23)28)20-9-11-29-22(15-20)21-10-12-30-26(31-21)27(3,4)5/h6-15H,16H2,1-5H3. The number of hydrogen-bond acceptors (Lipinski definition) is 5. The molecule has 6 nitrogen and oxygen atoms in total. The fourth-order valence-electron chi connectivity index (χ4n) is 3.63. The largest absolute Gasteiger partial charge is 0.487 e. The number of halogens is 1. The quantitative estimate of drug-likeness (QED) is 0.363. The highest BCUT2D eigenvalue weighted by atomic mass is 35.5. The molecule has 0 amide bonds. The average molecular weight is 475 g/mol. The molecule has 0 N–H and O–H groups in total. The molecule has 0 aliphatic rings. The molecule has 0 aliphatic heterocycles. The predicted octanol–water partition coefficient (Wildman–Crippen LogP) is 5.84. The number of benzene rings is 1. The summed E-state index contributed by atoms with van der Waals surface area (Å²) < 4.78 is 7.45. The van der Waals surface area contributed by atoms with E-state index in [1.54, 1.807) is 29.1 Å². The van der Waals surface area contributed by atoms with Gasteiger partial charge in [0.25, 0.3) is 5.56 Å². The molecule has 174 valence electrons. The molecule has 0 atom stereocenters. The summed E-state index contributed by atoms with van der Waals surface area (Å²) in [5.41, 5.74) is 4.30. The van der Waals surface area contributed by atoms with Gasteiger partial charge in [0.05, 0.1) is 17.1 Å². The molecule has 0 radical (unpaired) electrons. The molecule has 3 heterocycles. The van der Waals surface area contributed by atoms with Crippen molar-refractivity contribution in [3.8, 4) is 22.8 Å². The van der Waals surface area contributed by atoms with Gasteiger partial charge in [-0.3, -0.25) is 14.3 Å². The second kappa shape index (κ2) is 9.39. The number of nitrogens with zero attached hydrogens (tertiary/aromatic N) is 4. The summed E-state index contributed by atoms with van der Waals surface area (Å²) in [6, 6.07) is 15.2. The van der Waals surface area contributed by atoms with Crippen molar-refractivity contribution in [1.82, 2.24) is 19.5 Å². The van der Waals surface area contributed by atoms with Gasteiger partial charge < -0.3 is 4.74 Å². The molecular formula is C27H27ClN4O2. The number of aryl methyl sites for hydroxylation is 2. The van der Waals surface area contributed by atoms with Crippen LogP contribution in [0.1, 0.15) is 43.4 Å². The Labute approximate surface area is 204 Å². The summed E-state index contributed by atoms with van der Waals surface area (Å²) in [7, 11) is 0. The van der Waals surface area contributed by atoms with Crippen LogP contribution in [0.5, 0.6) is 5.75 Å². The van der Waals surface area contributed by atoms with Crippen molar-refractivity contribution in [2.75, 3.05) is 0 Å². The second-order valence-corrected chi connectivity index (χ2v) is 9.67. The number of hydrogen-bond donors (Lipinski definition) is 0. The van der Waals surface area contributed by atoms with Crippen LogP contribution in [0.4, 0.5) is 0 Å². The molecule has 0 unspecified atom stereocenters. The average Bonchev–Trinajstić information content (AvgIpc) is 2.80. The van der Waals surface area contributed by atoms with Crippen molar-refractivity contribution >= 4 is 11.6 Å². The van der Waals surface area contributed by atoms with E-state index >= 15 is 0 Å². The third-order valence-corrected chi connectivity index (χ3v) is 5.72. The van der Waals surface area contributed by atoms with E-state index in [1.807, 2.05) is 50.2 Å². The van der Waals surface area contributed by atoms with Crippen LogP contribution in [0.2, 0.25) is 5.02 Å². The summed E-state index contributed by atoms with van der Waals surface area (Å²) >= 11 is 6.45. The number of ether oxygens (including phenoxy) is 1. The Morgan fingerprint density at radius 1 is 0.971 bits per heavy atom. The van der Waals surface area contributed by atoms with E-state index in [0.717, 1.165) is 17.0 Å². The van der Waals surface area contributed by atoms with Crippen molar-refractivity contribution in [2.24, 2.45) is 0 Å². The molecular weight excluding hydrogens is 448 g/mol. The maximum absolute atomic E-state index is 13.2. The summed E-state index contributed by atoms with van der Waals surface area (Å²) in [5.74, 6) is 1.09. The van der Waals surface area contributed by atoms with Gasteiger partial charge >= 0.3 is 0 Å². The first-order valence-corrected chi connectivity index (χ1v) is 11.4. The molecule has 3 aromatic heterocycles. The van der Waals surface area contributed by atoms with E-state index in [0.29, 0.717) is 35.1 Å². The van der Waals surface area contributed by atoms with Crippen LogP contribution in [0.3, 0.4) is 0 Å². The fourth-order valence-corrected chi connectivity index (χ4v) is 3.83. The van der Waals surface area contributed by atoms with Gasteiger partial charge in [0.1, 0.15) is 23.2 Å². The molecule has 0 aliphatic carbocycles. The summed E-state index contributed by atoms with van der Waals surface area (Å²) in [6.45, 7) is 10.4. The van der Waals surface area contributed by atoms with Crippen LogP contribution in [0.25, 0.3) is 17.1 Å². The van der Waals surface area contributed by atoms with Crippen molar-refractivity contribution in [1.29, 1.82) is 0 Å². The van der Waals surface area contributed by atoms with E-state index in [9.17, 15) is 4.79 Å². The topological polar surface area (TPSA) is 69.9 Å². The molecule has 7 heteroatoms. The third-order valence-electron chi connectivity index (χ3n) is 5.37. The molecule has 1 aromatic carbocycles. The van der Waals surface area contributed by atoms with E-state index < -0.39 is 0 Å². The van der Waals surface area contributed by atoms with E-state index in [4.69, 9.17) is 16.3 Å². The monoisotopic (exact) mass is 474 g/mol. The second-order valence-electron chi connectivity index (χ2n) is 9.30. The Kier molecular flexibility index (Phi) is 6.53. The Balaban J connectivity index is 1.68. The zero-order chi connectivity index (χ0) is 24.5. The minimum Gasteiger partial charge on any atom is -0.487 e. The van der Waals surface area contributed by atoms with Crippen molar-refractivity contribution in [3.63, 3.8) is 0 Å². The normalized spacial score (nSPS) is 11.5. The summed E-state index contributed by atoms with van der Waals surface area (Å²) in [6.07, 6.45) is 3.39. The lowest BCUT2D eigenvalue weighted by Crippen LogP contribution is -2.22. The minimum absolute atomic E-state index is 0.0358. The number of aromatic nitrogens is 4. The van der Waals surface area contributed by atoms with Crippen molar-refractivity contribution in [3.05, 3.63) is 98.9 Å². The Morgan fingerprint density at radius 3 is 2.47 bits per heavy atom. The number of pyridine rings is 2. The lowest BCUT2D eigenvalue weighted by atomic mass is 9.95. The highest BCUT2D eigenvalue weighted by Gasteiger charge is 2.19. The zero-order valence-corrected chi connectivity index (χ0v) is 20.7. The van der Waals surface area contributed by atoms with E-state index in [-0.39, 0.29) is 16.0 Å². The maximum atomic E-state index is 13.2. The van der Waals surface area contributed by atoms with E-state index in [1.165, 1.54) is 0 Å². The number of rotatable bonds is 5. The van der Waals surface area contributed by atoms with Gasteiger partial charge in [-0.05, 0) is 37.6 Å². The van der Waals surface area contributed by atoms with Crippen LogP contribution in [-0.2, 0) is 12.0 Å². The van der Waals surface area contributed by atoms with Crippen molar-refractivity contribution < 1.29 is 4.74 Å². The van der Waals surface area contributed by atoms with Gasteiger partial charge in [0.2, 0.25) is 0 Å². The Hall–Kier alpha value is -3.51. The smallest absolute Gasteiger partial charge is 0.277 e. The van der Waals surface area contributed by atoms with Crippen molar-refractivity contribution in [2.45, 2.75) is 46.6 Å². The predicted molar refractivity (Wildman–Crippen MR) is 135 cm³/mol. The van der Waals surface area contributed by atoms with E-state index in [2.05, 4.69) is 35.7 Å². The van der Waals surface area contributed by atoms with Gasteiger partial charge in [0.15, 0.2) is 0 Å². The molecule has 0 fully saturated rings. The Morgan fingerprint density at radius 2 is 1.74 bits per heavy atom. The van der Waals surface area contributed by atoms with Crippen LogP contribution < -0.4 is 10.3 Å².